The summed E-state index contributed by atoms with van der Waals surface area (Å²) in [7, 11) is -4.28. The summed E-state index contributed by atoms with van der Waals surface area (Å²) in [6.45, 7) is 0.822. The van der Waals surface area contributed by atoms with E-state index >= 15 is 0 Å². The van der Waals surface area contributed by atoms with Gasteiger partial charge in [0, 0.05) is 0 Å². The first-order chi connectivity index (χ1) is 20.1. The van der Waals surface area contributed by atoms with Crippen molar-refractivity contribution < 1.29 is 23.7 Å². The average molecular weight is 602 g/mol. The van der Waals surface area contributed by atoms with E-state index in [9.17, 15) is 9.36 Å². The maximum Gasteiger partial charge on any atom is 0.469 e. The van der Waals surface area contributed by atoms with E-state index in [0.29, 0.717) is 6.54 Å². The summed E-state index contributed by atoms with van der Waals surface area (Å²) in [6.07, 6.45) is 42.9. The van der Waals surface area contributed by atoms with E-state index in [-0.39, 0.29) is 6.61 Å². The molecule has 0 aromatic carbocycles. The molecule has 41 heavy (non-hydrogen) atoms. The number of aliphatic imine (C=N–C) groups is 1. The van der Waals surface area contributed by atoms with Crippen LogP contribution in [0.1, 0.15) is 199 Å². The van der Waals surface area contributed by atoms with Gasteiger partial charge in [-0.2, -0.15) is 0 Å². The molecule has 0 aliphatic heterocycles. The summed E-state index contributed by atoms with van der Waals surface area (Å²) in [6, 6.07) is 0. The van der Waals surface area contributed by atoms with Gasteiger partial charge in [0.25, 0.3) is 0 Å². The zero-order valence-corrected chi connectivity index (χ0v) is 27.7. The quantitative estimate of drug-likeness (QED) is 0.0326. The number of hydrogen-bond acceptors (Lipinski definition) is 4. The second-order valence-electron chi connectivity index (χ2n) is 12.3. The van der Waals surface area contributed by atoms with Gasteiger partial charge in [0.1, 0.15) is 0 Å². The van der Waals surface area contributed by atoms with Crippen molar-refractivity contribution in [2.45, 2.75) is 199 Å². The van der Waals surface area contributed by atoms with Crippen molar-refractivity contribution in [2.24, 2.45) is 4.99 Å². The third-order valence-corrected chi connectivity index (χ3v) is 8.76. The molecule has 0 fully saturated rings. The van der Waals surface area contributed by atoms with Gasteiger partial charge in [-0.3, -0.25) is 4.52 Å². The molecule has 0 aromatic heterocycles. The van der Waals surface area contributed by atoms with Crippen molar-refractivity contribution >= 4 is 13.9 Å². The van der Waals surface area contributed by atoms with Crippen molar-refractivity contribution in [2.75, 3.05) is 13.2 Å². The Hall–Kier alpha value is -0.510. The Morgan fingerprint density at radius 3 is 0.854 bits per heavy atom. The van der Waals surface area contributed by atoms with Crippen molar-refractivity contribution in [3.63, 3.8) is 0 Å². The van der Waals surface area contributed by atoms with Gasteiger partial charge in [0.05, 0.1) is 13.2 Å². The minimum Gasteiger partial charge on any atom is -0.303 e. The molecule has 0 aromatic rings. The predicted octanol–water partition coefficient (Wildman–Crippen LogP) is 11.5. The molecule has 0 bridgehead atoms. The lowest BCUT2D eigenvalue weighted by molar-refractivity contribution is 0.193. The topological polar surface area (TPSA) is 96.2 Å². The first kappa shape index (κ1) is 40.5. The molecular weight excluding hydrogens is 533 g/mol. The summed E-state index contributed by atoms with van der Waals surface area (Å²) >= 11 is 0. The Morgan fingerprint density at radius 2 is 0.634 bits per heavy atom. The van der Waals surface area contributed by atoms with Crippen LogP contribution in [-0.4, -0.2) is 29.0 Å². The van der Waals surface area contributed by atoms with E-state index in [0.717, 1.165) is 25.7 Å². The zero-order chi connectivity index (χ0) is 30.0. The summed E-state index contributed by atoms with van der Waals surface area (Å²) in [5.74, 6) is 0. The molecule has 0 atom stereocenters. The van der Waals surface area contributed by atoms with Crippen LogP contribution in [0.4, 0.5) is 0 Å². The minimum atomic E-state index is -4.28. The van der Waals surface area contributed by atoms with Gasteiger partial charge in [0.2, 0.25) is 6.08 Å². The molecule has 0 saturated carbocycles. The van der Waals surface area contributed by atoms with E-state index < -0.39 is 7.82 Å². The van der Waals surface area contributed by atoms with Crippen LogP contribution in [0.15, 0.2) is 4.99 Å². The molecule has 0 saturated heterocycles. The van der Waals surface area contributed by atoms with E-state index in [1.165, 1.54) is 173 Å². The van der Waals surface area contributed by atoms with Gasteiger partial charge in [0.15, 0.2) is 0 Å². The van der Waals surface area contributed by atoms with Crippen molar-refractivity contribution in [3.8, 4) is 0 Å². The smallest absolute Gasteiger partial charge is 0.303 e. The van der Waals surface area contributed by atoms with Gasteiger partial charge in [-0.05, 0) is 12.8 Å². The van der Waals surface area contributed by atoms with Crippen LogP contribution in [0.3, 0.4) is 0 Å². The van der Waals surface area contributed by atoms with Gasteiger partial charge in [-0.1, -0.05) is 186 Å². The lowest BCUT2D eigenvalue weighted by atomic mass is 10.0. The SMILES string of the molecule is O=C=NCCCCCCCCCCCCCCCCCCCCCCCCCCCCCCCCCOP(=O)(O)O. The highest BCUT2D eigenvalue weighted by atomic mass is 31.2. The van der Waals surface area contributed by atoms with E-state index in [1.807, 2.05) is 0 Å². The monoisotopic (exact) mass is 601 g/mol. The number of unbranched alkanes of at least 4 members (excludes halogenated alkanes) is 30. The van der Waals surface area contributed by atoms with Crippen LogP contribution in [-0.2, 0) is 13.9 Å². The normalized spacial score (nSPS) is 11.7. The van der Waals surface area contributed by atoms with Crippen LogP contribution < -0.4 is 0 Å². The second-order valence-corrected chi connectivity index (χ2v) is 13.5. The Labute approximate surface area is 254 Å². The summed E-state index contributed by atoms with van der Waals surface area (Å²) in [4.78, 5) is 30.8. The van der Waals surface area contributed by atoms with Crippen molar-refractivity contribution in [3.05, 3.63) is 0 Å². The fourth-order valence-electron chi connectivity index (χ4n) is 5.65. The zero-order valence-electron chi connectivity index (χ0n) is 26.8. The third-order valence-electron chi connectivity index (χ3n) is 8.24. The molecule has 0 aliphatic rings. The van der Waals surface area contributed by atoms with E-state index in [2.05, 4.69) is 9.52 Å². The number of phosphoric acid groups is 1. The molecule has 6 nitrogen and oxygen atoms in total. The number of phosphoric ester groups is 1. The van der Waals surface area contributed by atoms with Gasteiger partial charge in [-0.25, -0.2) is 14.4 Å². The van der Waals surface area contributed by atoms with Crippen LogP contribution in [0.2, 0.25) is 0 Å². The largest absolute Gasteiger partial charge is 0.469 e. The van der Waals surface area contributed by atoms with Crippen molar-refractivity contribution in [1.29, 1.82) is 0 Å². The Balaban J connectivity index is 3.06. The molecule has 244 valence electrons. The highest BCUT2D eigenvalue weighted by Crippen LogP contribution is 2.35. The highest BCUT2D eigenvalue weighted by molar-refractivity contribution is 7.46. The van der Waals surface area contributed by atoms with Crippen LogP contribution in [0.25, 0.3) is 0 Å². The third kappa shape index (κ3) is 39.5. The second kappa shape index (κ2) is 34.0. The Morgan fingerprint density at radius 1 is 0.415 bits per heavy atom. The van der Waals surface area contributed by atoms with E-state index in [1.54, 1.807) is 6.08 Å². The molecule has 0 unspecified atom stereocenters. The number of hydrogen-bond donors (Lipinski definition) is 2. The molecular formula is C34H68NO5P. The fourth-order valence-corrected chi connectivity index (χ4v) is 6.02. The fraction of sp³-hybridized carbons (Fsp3) is 0.971. The van der Waals surface area contributed by atoms with Crippen LogP contribution in [0.5, 0.6) is 0 Å². The van der Waals surface area contributed by atoms with Crippen molar-refractivity contribution in [1.82, 2.24) is 0 Å². The Bertz CT molecular complexity index is 606. The molecule has 0 rings (SSSR count). The van der Waals surface area contributed by atoms with E-state index in [4.69, 9.17) is 9.79 Å². The molecule has 0 heterocycles. The number of nitrogens with zero attached hydrogens (tertiary/aromatic N) is 1. The minimum absolute atomic E-state index is 0.165. The predicted molar refractivity (Wildman–Crippen MR) is 174 cm³/mol. The standard InChI is InChI=1S/C34H68NO5P/c36-34-35-32-30-28-26-24-22-20-18-16-14-12-10-8-6-4-2-1-3-5-7-9-11-13-15-17-19-21-23-25-27-29-31-33-40-41(37,38)39/h1-33H2,(H2,37,38,39). The summed E-state index contributed by atoms with van der Waals surface area (Å²) < 4.78 is 15.0. The van der Waals surface area contributed by atoms with Crippen LogP contribution in [0, 0.1) is 0 Å². The number of isocyanates is 1. The molecule has 0 radical (unpaired) electrons. The lowest BCUT2D eigenvalue weighted by Gasteiger charge is -2.05. The van der Waals surface area contributed by atoms with Gasteiger partial charge >= 0.3 is 7.82 Å². The maximum absolute atomic E-state index is 10.6. The van der Waals surface area contributed by atoms with Crippen LogP contribution >= 0.6 is 7.82 Å². The molecule has 7 heteroatoms. The Kier molecular flexibility index (Phi) is 33.6. The first-order valence-corrected chi connectivity index (χ1v) is 19.3. The number of carbonyl (C=O) groups excluding carboxylic acids is 1. The van der Waals surface area contributed by atoms with Gasteiger partial charge in [-0.15, -0.1) is 0 Å². The summed E-state index contributed by atoms with van der Waals surface area (Å²) in [5.41, 5.74) is 0. The molecule has 0 aliphatic carbocycles. The highest BCUT2D eigenvalue weighted by Gasteiger charge is 2.12. The maximum atomic E-state index is 10.6. The average Bonchev–Trinajstić information content (AvgIpc) is 2.94. The molecule has 2 N–H and O–H groups in total. The summed E-state index contributed by atoms with van der Waals surface area (Å²) in [5, 5.41) is 0. The number of rotatable bonds is 35. The molecule has 0 spiro atoms. The molecule has 0 amide bonds. The lowest BCUT2D eigenvalue weighted by Crippen LogP contribution is -1.92. The van der Waals surface area contributed by atoms with Gasteiger partial charge < -0.3 is 9.79 Å². The first-order valence-electron chi connectivity index (χ1n) is 17.8.